The summed E-state index contributed by atoms with van der Waals surface area (Å²) >= 11 is 0. The topological polar surface area (TPSA) is 89.4 Å². The van der Waals surface area contributed by atoms with E-state index in [0.29, 0.717) is 38.5 Å². The third-order valence-electron chi connectivity index (χ3n) is 5.15. The van der Waals surface area contributed by atoms with Gasteiger partial charge in [0.15, 0.2) is 5.69 Å². The van der Waals surface area contributed by atoms with Gasteiger partial charge in [0, 0.05) is 19.3 Å². The van der Waals surface area contributed by atoms with E-state index in [2.05, 4.69) is 15.4 Å². The number of carbonyl (C=O) groups excluding carboxylic acids is 2. The first-order valence-electron chi connectivity index (χ1n) is 9.23. The molecule has 1 saturated heterocycles. The number of hydrogen-bond donors (Lipinski definition) is 1. The van der Waals surface area contributed by atoms with Gasteiger partial charge in [-0.3, -0.25) is 19.3 Å². The van der Waals surface area contributed by atoms with E-state index in [1.165, 1.54) is 0 Å². The largest absolute Gasteiger partial charge is 0.365 e. The van der Waals surface area contributed by atoms with Crippen LogP contribution in [-0.4, -0.2) is 50.2 Å². The number of amides is 2. The van der Waals surface area contributed by atoms with Crippen LogP contribution in [0.4, 0.5) is 0 Å². The van der Waals surface area contributed by atoms with Gasteiger partial charge in [-0.15, -0.1) is 0 Å². The Kier molecular flexibility index (Phi) is 4.65. The summed E-state index contributed by atoms with van der Waals surface area (Å²) in [6.07, 6.45) is 3.36. The van der Waals surface area contributed by atoms with E-state index in [1.54, 1.807) is 21.8 Å². The van der Waals surface area contributed by atoms with Crippen molar-refractivity contribution in [2.45, 2.75) is 45.0 Å². The number of ether oxygens (including phenoxy) is 1. The van der Waals surface area contributed by atoms with Crippen LogP contribution in [0.25, 0.3) is 0 Å². The molecule has 4 heterocycles. The second-order valence-electron chi connectivity index (χ2n) is 7.16. The van der Waals surface area contributed by atoms with Crippen LogP contribution < -0.4 is 5.32 Å². The molecule has 2 aromatic rings. The molecule has 1 fully saturated rings. The van der Waals surface area contributed by atoms with Crippen molar-refractivity contribution in [2.24, 2.45) is 0 Å². The van der Waals surface area contributed by atoms with Crippen LogP contribution in [0.5, 0.6) is 0 Å². The lowest BCUT2D eigenvalue weighted by Gasteiger charge is -2.33. The highest BCUT2D eigenvalue weighted by atomic mass is 16.5. The molecule has 4 rings (SSSR count). The van der Waals surface area contributed by atoms with Gasteiger partial charge in [0.2, 0.25) is 0 Å². The van der Waals surface area contributed by atoms with Crippen molar-refractivity contribution < 1.29 is 14.3 Å². The molecule has 2 aliphatic rings. The normalized spacial score (nSPS) is 21.7. The molecule has 27 heavy (non-hydrogen) atoms. The molecule has 0 aromatic carbocycles. The van der Waals surface area contributed by atoms with Crippen LogP contribution in [0, 0.1) is 0 Å². The molecule has 0 bridgehead atoms. The van der Waals surface area contributed by atoms with Crippen molar-refractivity contribution in [1.29, 1.82) is 0 Å². The second kappa shape index (κ2) is 7.11. The summed E-state index contributed by atoms with van der Waals surface area (Å²) in [6.45, 7) is 4.44. The van der Waals surface area contributed by atoms with Gasteiger partial charge >= 0.3 is 0 Å². The van der Waals surface area contributed by atoms with Gasteiger partial charge in [-0.05, 0) is 38.0 Å². The van der Waals surface area contributed by atoms with Crippen molar-refractivity contribution in [3.63, 3.8) is 0 Å². The molecule has 8 nitrogen and oxygen atoms in total. The van der Waals surface area contributed by atoms with Gasteiger partial charge in [0.1, 0.15) is 5.60 Å². The molecule has 0 radical (unpaired) electrons. The number of fused-ring (bicyclic) bond motifs is 1. The maximum Gasteiger partial charge on any atom is 0.272 e. The zero-order valence-corrected chi connectivity index (χ0v) is 15.4. The third kappa shape index (κ3) is 3.57. The van der Waals surface area contributed by atoms with Gasteiger partial charge < -0.3 is 15.0 Å². The van der Waals surface area contributed by atoms with Gasteiger partial charge in [-0.2, -0.15) is 5.10 Å². The predicted molar refractivity (Wildman–Crippen MR) is 96.6 cm³/mol. The van der Waals surface area contributed by atoms with E-state index < -0.39 is 5.60 Å². The molecule has 0 saturated carbocycles. The zero-order chi connectivity index (χ0) is 18.9. The van der Waals surface area contributed by atoms with Crippen LogP contribution in [0.15, 0.2) is 30.5 Å². The maximum atomic E-state index is 12.8. The van der Waals surface area contributed by atoms with E-state index in [1.807, 2.05) is 25.1 Å². The first-order chi connectivity index (χ1) is 13.0. The Morgan fingerprint density at radius 3 is 2.96 bits per heavy atom. The van der Waals surface area contributed by atoms with Crippen molar-refractivity contribution in [3.05, 3.63) is 47.5 Å². The standard InChI is InChI=1S/C19H23N5O3/c1-19(6-4-10-27-19)18(26)23-8-9-24-15(13-23)11-16(22-24)17(25)21-12-14-5-2-3-7-20-14/h2-3,5,7,11H,4,6,8-10,12-13H2,1H3,(H,21,25)/t19-/m0/s1. The Hall–Kier alpha value is -2.74. The molecule has 0 unspecified atom stereocenters. The van der Waals surface area contributed by atoms with Crippen molar-refractivity contribution in [2.75, 3.05) is 13.2 Å². The molecule has 142 valence electrons. The van der Waals surface area contributed by atoms with Gasteiger partial charge in [-0.1, -0.05) is 6.07 Å². The molecule has 1 N–H and O–H groups in total. The smallest absolute Gasteiger partial charge is 0.272 e. The molecule has 0 spiro atoms. The summed E-state index contributed by atoms with van der Waals surface area (Å²) in [4.78, 5) is 31.2. The highest BCUT2D eigenvalue weighted by Crippen LogP contribution is 2.28. The average molecular weight is 369 g/mol. The molecular weight excluding hydrogens is 346 g/mol. The van der Waals surface area contributed by atoms with Crippen LogP contribution in [0.2, 0.25) is 0 Å². The van der Waals surface area contributed by atoms with E-state index in [4.69, 9.17) is 4.74 Å². The lowest BCUT2D eigenvalue weighted by atomic mass is 10.0. The number of aromatic nitrogens is 3. The fourth-order valence-corrected chi connectivity index (χ4v) is 3.60. The van der Waals surface area contributed by atoms with Crippen LogP contribution in [-0.2, 0) is 29.2 Å². The van der Waals surface area contributed by atoms with Crippen LogP contribution in [0.1, 0.15) is 41.6 Å². The first-order valence-corrected chi connectivity index (χ1v) is 9.23. The number of hydrogen-bond acceptors (Lipinski definition) is 5. The van der Waals surface area contributed by atoms with Crippen LogP contribution in [0.3, 0.4) is 0 Å². The van der Waals surface area contributed by atoms with Crippen molar-refractivity contribution >= 4 is 11.8 Å². The summed E-state index contributed by atoms with van der Waals surface area (Å²) in [5.41, 5.74) is 1.29. The van der Waals surface area contributed by atoms with Crippen molar-refractivity contribution in [3.8, 4) is 0 Å². The maximum absolute atomic E-state index is 12.8. The Labute approximate surface area is 157 Å². The minimum atomic E-state index is -0.717. The lowest BCUT2D eigenvalue weighted by molar-refractivity contribution is -0.152. The highest BCUT2D eigenvalue weighted by molar-refractivity contribution is 5.92. The monoisotopic (exact) mass is 369 g/mol. The second-order valence-corrected chi connectivity index (χ2v) is 7.16. The summed E-state index contributed by atoms with van der Waals surface area (Å²) in [5, 5.41) is 7.22. The fourth-order valence-electron chi connectivity index (χ4n) is 3.60. The fraction of sp³-hybridized carbons (Fsp3) is 0.474. The van der Waals surface area contributed by atoms with Crippen LogP contribution >= 0.6 is 0 Å². The molecule has 2 aromatic heterocycles. The molecule has 2 aliphatic heterocycles. The number of pyridine rings is 1. The van der Waals surface area contributed by atoms with Gasteiger partial charge in [-0.25, -0.2) is 0 Å². The lowest BCUT2D eigenvalue weighted by Crippen LogP contribution is -2.49. The minimum Gasteiger partial charge on any atom is -0.365 e. The Balaban J connectivity index is 1.41. The summed E-state index contributed by atoms with van der Waals surface area (Å²) in [7, 11) is 0. The van der Waals surface area contributed by atoms with E-state index in [9.17, 15) is 9.59 Å². The quantitative estimate of drug-likeness (QED) is 0.872. The number of nitrogens with zero attached hydrogens (tertiary/aromatic N) is 4. The average Bonchev–Trinajstić information content (AvgIpc) is 3.32. The Morgan fingerprint density at radius 1 is 1.33 bits per heavy atom. The number of nitrogens with one attached hydrogen (secondary N) is 1. The molecule has 0 aliphatic carbocycles. The third-order valence-corrected chi connectivity index (χ3v) is 5.15. The van der Waals surface area contributed by atoms with Crippen molar-refractivity contribution in [1.82, 2.24) is 25.0 Å². The van der Waals surface area contributed by atoms with E-state index >= 15 is 0 Å². The van der Waals surface area contributed by atoms with Gasteiger partial charge in [0.25, 0.3) is 11.8 Å². The first kappa shape index (κ1) is 17.7. The van der Waals surface area contributed by atoms with E-state index in [-0.39, 0.29) is 11.8 Å². The highest BCUT2D eigenvalue weighted by Gasteiger charge is 2.41. The molecular formula is C19H23N5O3. The molecule has 2 amide bonds. The Morgan fingerprint density at radius 2 is 2.22 bits per heavy atom. The minimum absolute atomic E-state index is 0.0219. The Bertz CT molecular complexity index is 842. The zero-order valence-electron chi connectivity index (χ0n) is 15.4. The summed E-state index contributed by atoms with van der Waals surface area (Å²) < 4.78 is 7.48. The number of rotatable bonds is 4. The molecule has 8 heteroatoms. The van der Waals surface area contributed by atoms with E-state index in [0.717, 1.165) is 24.2 Å². The predicted octanol–water partition coefficient (Wildman–Crippen LogP) is 1.12. The summed E-state index contributed by atoms with van der Waals surface area (Å²) in [6, 6.07) is 7.32. The molecule has 1 atom stereocenters. The SMILES string of the molecule is C[C@@]1(C(=O)N2CCn3nc(C(=O)NCc4ccccn4)cc3C2)CCCO1. The summed E-state index contributed by atoms with van der Waals surface area (Å²) in [5.74, 6) is -0.222. The number of carbonyl (C=O) groups is 2. The van der Waals surface area contributed by atoms with Gasteiger partial charge in [0.05, 0.1) is 31.0 Å².